The minimum atomic E-state index is -0.219. The molecule has 1 amide bonds. The highest BCUT2D eigenvalue weighted by Crippen LogP contribution is 2.16. The Bertz CT molecular complexity index is 494. The summed E-state index contributed by atoms with van der Waals surface area (Å²) in [7, 11) is 0. The van der Waals surface area contributed by atoms with Gasteiger partial charge in [0, 0.05) is 21.6 Å². The third kappa shape index (κ3) is 2.61. The van der Waals surface area contributed by atoms with E-state index < -0.39 is 0 Å². The van der Waals surface area contributed by atoms with Gasteiger partial charge < -0.3 is 0 Å². The summed E-state index contributed by atoms with van der Waals surface area (Å²) in [4.78, 5) is 11.8. The number of rotatable bonds is 2. The van der Waals surface area contributed by atoms with Crippen molar-refractivity contribution in [2.45, 2.75) is 6.92 Å². The second-order valence-electron chi connectivity index (χ2n) is 3.14. The molecule has 0 unspecified atom stereocenters. The molecule has 0 aliphatic heterocycles. The van der Waals surface area contributed by atoms with Gasteiger partial charge in [0.2, 0.25) is 5.13 Å². The van der Waals surface area contributed by atoms with Crippen LogP contribution in [0.4, 0.5) is 5.13 Å². The van der Waals surface area contributed by atoms with Crippen LogP contribution in [0.25, 0.3) is 0 Å². The molecule has 0 aliphatic carbocycles. The van der Waals surface area contributed by atoms with Crippen molar-refractivity contribution < 1.29 is 4.79 Å². The van der Waals surface area contributed by atoms with Crippen molar-refractivity contribution in [1.29, 1.82) is 0 Å². The fourth-order valence-corrected chi connectivity index (χ4v) is 2.19. The average molecular weight is 299 g/mol. The minimum Gasteiger partial charge on any atom is -0.295 e. The number of aryl methyl sites for hydroxylation is 1. The van der Waals surface area contributed by atoms with E-state index in [9.17, 15) is 4.79 Å². The largest absolute Gasteiger partial charge is 0.295 e. The Morgan fingerprint density at radius 2 is 2.25 bits per heavy atom. The van der Waals surface area contributed by atoms with Gasteiger partial charge in [0.05, 0.1) is 0 Å². The van der Waals surface area contributed by atoms with Gasteiger partial charge in [-0.2, -0.15) is 0 Å². The molecule has 0 atom stereocenters. The van der Waals surface area contributed by atoms with E-state index in [1.54, 1.807) is 12.1 Å². The van der Waals surface area contributed by atoms with E-state index in [4.69, 9.17) is 0 Å². The van der Waals surface area contributed by atoms with E-state index >= 15 is 0 Å². The predicted octanol–water partition coefficient (Wildman–Crippen LogP) is 2.26. The van der Waals surface area contributed by atoms with Crippen molar-refractivity contribution >= 4 is 38.5 Å². The van der Waals surface area contributed by atoms with Crippen molar-refractivity contribution in [3.8, 4) is 0 Å². The lowest BCUT2D eigenvalue weighted by Crippen LogP contribution is -2.11. The van der Waals surface area contributed by atoms with Crippen LogP contribution in [0.1, 0.15) is 15.9 Å². The number of aromatic nitrogens is 3. The fourth-order valence-electron chi connectivity index (χ4n) is 1.22. The van der Waals surface area contributed by atoms with Gasteiger partial charge in [0.1, 0.15) is 0 Å². The first kappa shape index (κ1) is 11.2. The summed E-state index contributed by atoms with van der Waals surface area (Å²) in [5, 5.41) is 10.0. The molecule has 1 aromatic carbocycles. The first-order chi connectivity index (χ1) is 7.65. The van der Waals surface area contributed by atoms with Gasteiger partial charge in [-0.25, -0.2) is 0 Å². The van der Waals surface area contributed by atoms with Crippen LogP contribution in [0.2, 0.25) is 0 Å². The van der Waals surface area contributed by atoms with E-state index in [1.165, 1.54) is 0 Å². The summed E-state index contributed by atoms with van der Waals surface area (Å²) in [5.41, 5.74) is 1.58. The lowest BCUT2D eigenvalue weighted by atomic mass is 10.1. The molecule has 16 heavy (non-hydrogen) atoms. The fraction of sp³-hybridized carbons (Fsp3) is 0.111. The Morgan fingerprint density at radius 1 is 1.44 bits per heavy atom. The molecule has 0 radical (unpaired) electrons. The summed E-state index contributed by atoms with van der Waals surface area (Å²) in [6.45, 7) is 1.92. The van der Waals surface area contributed by atoms with Crippen LogP contribution in [0.3, 0.4) is 0 Å². The molecule has 2 aromatic rings. The number of benzene rings is 1. The molecule has 0 saturated heterocycles. The molecule has 0 saturated carbocycles. The molecule has 1 heterocycles. The Labute approximate surface area is 104 Å². The van der Waals surface area contributed by atoms with E-state index in [0.717, 1.165) is 21.6 Å². The van der Waals surface area contributed by atoms with E-state index in [2.05, 4.69) is 36.0 Å². The number of carbonyl (C=O) groups is 1. The van der Waals surface area contributed by atoms with Crippen molar-refractivity contribution in [1.82, 2.24) is 14.8 Å². The molecular weight excluding hydrogens is 292 g/mol. The summed E-state index contributed by atoms with van der Waals surface area (Å²) in [6, 6.07) is 5.48. The number of halogens is 1. The van der Waals surface area contributed by atoms with Crippen LogP contribution < -0.4 is 5.32 Å². The van der Waals surface area contributed by atoms with Crippen LogP contribution in [-0.2, 0) is 0 Å². The Kier molecular flexibility index (Phi) is 3.25. The van der Waals surface area contributed by atoms with Gasteiger partial charge in [0.15, 0.2) is 0 Å². The molecule has 0 spiro atoms. The van der Waals surface area contributed by atoms with Crippen LogP contribution in [0.15, 0.2) is 22.7 Å². The maximum Gasteiger partial charge on any atom is 0.257 e. The van der Waals surface area contributed by atoms with Crippen molar-refractivity contribution in [3.05, 3.63) is 33.8 Å². The van der Waals surface area contributed by atoms with Gasteiger partial charge >= 0.3 is 0 Å². The second-order valence-corrected chi connectivity index (χ2v) is 4.79. The number of nitrogens with zero attached hydrogens (tertiary/aromatic N) is 3. The summed E-state index contributed by atoms with van der Waals surface area (Å²) in [5.74, 6) is -0.219. The number of nitrogens with one attached hydrogen (secondary N) is 1. The quantitative estimate of drug-likeness (QED) is 0.923. The molecule has 1 aromatic heterocycles. The summed E-state index contributed by atoms with van der Waals surface area (Å²) < 4.78 is 4.43. The third-order valence-corrected chi connectivity index (χ3v) is 2.79. The topological polar surface area (TPSA) is 67.8 Å². The van der Waals surface area contributed by atoms with E-state index in [1.807, 2.05) is 13.0 Å². The standard InChI is InChI=1S/C9H7BrN4OS/c1-5-2-6(4-7(10)3-5)8(15)11-9-12-13-14-16-9/h2-4H,1H3,(H,11,12,14,15). The zero-order valence-corrected chi connectivity index (χ0v) is 10.7. The number of hydrogen-bond acceptors (Lipinski definition) is 5. The highest BCUT2D eigenvalue weighted by Gasteiger charge is 2.09. The molecule has 5 nitrogen and oxygen atoms in total. The first-order valence-corrected chi connectivity index (χ1v) is 5.95. The zero-order valence-electron chi connectivity index (χ0n) is 8.27. The molecule has 0 fully saturated rings. The van der Waals surface area contributed by atoms with E-state index in [-0.39, 0.29) is 5.91 Å². The maximum atomic E-state index is 11.8. The summed E-state index contributed by atoms with van der Waals surface area (Å²) >= 11 is 4.38. The van der Waals surface area contributed by atoms with Gasteiger partial charge in [0.25, 0.3) is 5.91 Å². The second kappa shape index (κ2) is 4.67. The number of carbonyl (C=O) groups excluding carboxylic acids is 1. The maximum absolute atomic E-state index is 11.8. The molecule has 7 heteroatoms. The van der Waals surface area contributed by atoms with Crippen LogP contribution in [0.5, 0.6) is 0 Å². The molecule has 0 bridgehead atoms. The summed E-state index contributed by atoms with van der Waals surface area (Å²) in [6.07, 6.45) is 0. The predicted molar refractivity (Wildman–Crippen MR) is 64.5 cm³/mol. The molecule has 1 N–H and O–H groups in total. The van der Waals surface area contributed by atoms with Crippen molar-refractivity contribution in [2.75, 3.05) is 5.32 Å². The molecule has 82 valence electrons. The van der Waals surface area contributed by atoms with Crippen LogP contribution in [0, 0.1) is 6.92 Å². The van der Waals surface area contributed by atoms with Gasteiger partial charge in [-0.3, -0.25) is 10.1 Å². The SMILES string of the molecule is Cc1cc(Br)cc(C(=O)Nc2nnns2)c1. The Morgan fingerprint density at radius 3 is 2.88 bits per heavy atom. The number of hydrogen-bond donors (Lipinski definition) is 1. The number of anilines is 1. The Balaban J connectivity index is 2.21. The molecular formula is C9H7BrN4OS. The number of amides is 1. The average Bonchev–Trinajstić information content (AvgIpc) is 2.68. The van der Waals surface area contributed by atoms with Crippen molar-refractivity contribution in [2.24, 2.45) is 0 Å². The Hall–Kier alpha value is -1.34. The van der Waals surface area contributed by atoms with Gasteiger partial charge in [-0.1, -0.05) is 25.5 Å². The molecule has 0 aliphatic rings. The normalized spacial score (nSPS) is 10.1. The van der Waals surface area contributed by atoms with Crippen molar-refractivity contribution in [3.63, 3.8) is 0 Å². The van der Waals surface area contributed by atoms with Crippen LogP contribution >= 0.6 is 27.5 Å². The highest BCUT2D eigenvalue weighted by atomic mass is 79.9. The molecule has 2 rings (SSSR count). The van der Waals surface area contributed by atoms with Gasteiger partial charge in [-0.15, -0.1) is 0 Å². The smallest absolute Gasteiger partial charge is 0.257 e. The zero-order chi connectivity index (χ0) is 11.5. The monoisotopic (exact) mass is 298 g/mol. The minimum absolute atomic E-state index is 0.219. The van der Waals surface area contributed by atoms with E-state index in [0.29, 0.717) is 10.7 Å². The third-order valence-electron chi connectivity index (χ3n) is 1.82. The highest BCUT2D eigenvalue weighted by molar-refractivity contribution is 9.10. The first-order valence-electron chi connectivity index (χ1n) is 4.39. The lowest BCUT2D eigenvalue weighted by Gasteiger charge is -2.03. The van der Waals surface area contributed by atoms with Crippen LogP contribution in [-0.4, -0.2) is 20.7 Å². The van der Waals surface area contributed by atoms with Gasteiger partial charge in [-0.05, 0) is 35.9 Å². The lowest BCUT2D eigenvalue weighted by molar-refractivity contribution is 0.102.